The molecule has 29 heavy (non-hydrogen) atoms. The molecule has 0 radical (unpaired) electrons. The number of carbonyl (C=O) groups is 2. The van der Waals surface area contributed by atoms with E-state index in [1.165, 1.54) is 6.08 Å². The summed E-state index contributed by atoms with van der Waals surface area (Å²) >= 11 is 0. The Kier molecular flexibility index (Phi) is 5.80. The van der Waals surface area contributed by atoms with Crippen molar-refractivity contribution in [3.63, 3.8) is 0 Å². The summed E-state index contributed by atoms with van der Waals surface area (Å²) in [7, 11) is -1.88. The van der Waals surface area contributed by atoms with Gasteiger partial charge in [-0.25, -0.2) is 0 Å². The predicted octanol–water partition coefficient (Wildman–Crippen LogP) is 5.17. The third-order valence-electron chi connectivity index (χ3n) is 5.76. The highest BCUT2D eigenvalue weighted by Gasteiger charge is 2.38. The van der Waals surface area contributed by atoms with Crippen molar-refractivity contribution in [1.82, 2.24) is 5.32 Å². The Morgan fingerprint density at radius 3 is 2.34 bits per heavy atom. The number of hydrogen-bond acceptors (Lipinski definition) is 4. The summed E-state index contributed by atoms with van der Waals surface area (Å²) in [4.78, 5) is 24.9. The topological polar surface area (TPSA) is 55.4 Å². The van der Waals surface area contributed by atoms with E-state index in [9.17, 15) is 9.59 Å². The summed E-state index contributed by atoms with van der Waals surface area (Å²) in [6, 6.07) is 15.1. The van der Waals surface area contributed by atoms with Gasteiger partial charge >= 0.3 is 0 Å². The molecule has 0 amide bonds. The number of fused-ring (bicyclic) bond motifs is 1. The van der Waals surface area contributed by atoms with Crippen LogP contribution < -0.4 is 9.74 Å². The Labute approximate surface area is 174 Å². The lowest BCUT2D eigenvalue weighted by Gasteiger charge is -2.36. The summed E-state index contributed by atoms with van der Waals surface area (Å²) in [6.45, 7) is 11.7. The maximum absolute atomic E-state index is 12.6. The number of carbonyl (C=O) groups excluding carboxylic acids is 2. The molecule has 0 bridgehead atoms. The summed E-state index contributed by atoms with van der Waals surface area (Å²) in [5.74, 6) is 0.633. The zero-order valence-electron chi connectivity index (χ0n) is 17.8. The monoisotopic (exact) mass is 407 g/mol. The average Bonchev–Trinajstić information content (AvgIpc) is 2.65. The van der Waals surface area contributed by atoms with Gasteiger partial charge in [-0.1, -0.05) is 57.2 Å². The first-order valence-electron chi connectivity index (χ1n) is 10.00. The van der Waals surface area contributed by atoms with Crippen LogP contribution in [-0.4, -0.2) is 26.4 Å². The highest BCUT2D eigenvalue weighted by atomic mass is 28.4. The van der Waals surface area contributed by atoms with E-state index in [0.717, 1.165) is 17.7 Å². The number of hydrogen-bond donors (Lipinski definition) is 1. The van der Waals surface area contributed by atoms with Gasteiger partial charge in [-0.3, -0.25) is 9.59 Å². The van der Waals surface area contributed by atoms with Gasteiger partial charge in [0.2, 0.25) is 14.1 Å². The summed E-state index contributed by atoms with van der Waals surface area (Å²) in [5, 5.41) is 3.28. The summed E-state index contributed by atoms with van der Waals surface area (Å²) < 4.78 is 6.38. The molecule has 2 aromatic carbocycles. The number of Topliss-reactive ketones (excluding diaryl/α,β-unsaturated/α-hetero) is 1. The van der Waals surface area contributed by atoms with Crippen molar-refractivity contribution in [3.8, 4) is 5.75 Å². The maximum Gasteiger partial charge on any atom is 0.250 e. The first-order chi connectivity index (χ1) is 13.6. The lowest BCUT2D eigenvalue weighted by atomic mass is 9.92. The van der Waals surface area contributed by atoms with Crippen molar-refractivity contribution < 1.29 is 14.0 Å². The molecule has 0 unspecified atom stereocenters. The minimum Gasteiger partial charge on any atom is -0.543 e. The summed E-state index contributed by atoms with van der Waals surface area (Å²) in [6.07, 6.45) is 2.14. The van der Waals surface area contributed by atoms with Crippen LogP contribution in [0.2, 0.25) is 18.1 Å². The average molecular weight is 408 g/mol. The molecule has 0 saturated carbocycles. The second-order valence-corrected chi connectivity index (χ2v) is 13.7. The van der Waals surface area contributed by atoms with Gasteiger partial charge in [0, 0.05) is 23.7 Å². The van der Waals surface area contributed by atoms with E-state index < -0.39 is 8.32 Å². The zero-order chi connectivity index (χ0) is 21.2. The molecular weight excluding hydrogens is 378 g/mol. The van der Waals surface area contributed by atoms with Gasteiger partial charge < -0.3 is 9.74 Å². The normalized spacial score (nSPS) is 14.3. The van der Waals surface area contributed by atoms with Crippen molar-refractivity contribution in [2.24, 2.45) is 0 Å². The van der Waals surface area contributed by atoms with Crippen LogP contribution in [-0.2, 0) is 6.42 Å². The molecular formula is C24H29NO3Si. The number of nitrogens with one attached hydrogen (secondary N) is 1. The van der Waals surface area contributed by atoms with E-state index in [1.807, 2.05) is 12.1 Å². The molecule has 0 heterocycles. The van der Waals surface area contributed by atoms with Crippen LogP contribution in [0.4, 0.5) is 0 Å². The standard InChI is InChI=1S/C24H29NO3Si/c1-24(2,3)29(4,5)28-18-10-8-9-17(15-18)13-14-25-21-16-22(26)19-11-6-7-12-20(19)23(21)27/h6-12,15-16,25H,13-14H2,1-5H3. The maximum atomic E-state index is 12.6. The van der Waals surface area contributed by atoms with Crippen LogP contribution in [0.15, 0.2) is 60.3 Å². The molecule has 1 N–H and O–H groups in total. The van der Waals surface area contributed by atoms with Crippen LogP contribution in [0.1, 0.15) is 47.1 Å². The minimum absolute atomic E-state index is 0.129. The van der Waals surface area contributed by atoms with Crippen LogP contribution in [0.25, 0.3) is 0 Å². The number of ketones is 2. The van der Waals surface area contributed by atoms with Gasteiger partial charge in [-0.2, -0.15) is 0 Å². The third kappa shape index (κ3) is 4.67. The highest BCUT2D eigenvalue weighted by molar-refractivity contribution is 6.74. The molecule has 0 aliphatic heterocycles. The molecule has 152 valence electrons. The lowest BCUT2D eigenvalue weighted by molar-refractivity contribution is 0.0978. The van der Waals surface area contributed by atoms with E-state index in [0.29, 0.717) is 23.4 Å². The van der Waals surface area contributed by atoms with Gasteiger partial charge in [0.1, 0.15) is 5.75 Å². The van der Waals surface area contributed by atoms with Crippen molar-refractivity contribution in [2.45, 2.75) is 45.3 Å². The lowest BCUT2D eigenvalue weighted by Crippen LogP contribution is -2.43. The molecule has 0 aromatic heterocycles. The molecule has 1 aliphatic carbocycles. The fourth-order valence-corrected chi connectivity index (χ4v) is 4.02. The predicted molar refractivity (Wildman–Crippen MR) is 119 cm³/mol. The molecule has 0 fully saturated rings. The van der Waals surface area contributed by atoms with Gasteiger partial charge in [0.25, 0.3) is 0 Å². The van der Waals surface area contributed by atoms with Crippen molar-refractivity contribution in [3.05, 3.63) is 77.0 Å². The SMILES string of the molecule is CC(C)(C)[Si](C)(C)Oc1cccc(CCNC2=CC(=O)c3ccccc3C2=O)c1. The quantitative estimate of drug-likeness (QED) is 0.672. The molecule has 3 rings (SSSR count). The van der Waals surface area contributed by atoms with Crippen LogP contribution in [0.5, 0.6) is 5.75 Å². The van der Waals surface area contributed by atoms with Crippen LogP contribution in [0, 0.1) is 0 Å². The molecule has 1 aliphatic rings. The minimum atomic E-state index is -1.88. The Balaban J connectivity index is 1.63. The number of benzene rings is 2. The second kappa shape index (κ2) is 7.99. The largest absolute Gasteiger partial charge is 0.543 e. The molecule has 4 nitrogen and oxygen atoms in total. The molecule has 2 aromatic rings. The van der Waals surface area contributed by atoms with Crippen molar-refractivity contribution in [2.75, 3.05) is 6.54 Å². The Morgan fingerprint density at radius 2 is 1.66 bits per heavy atom. The van der Waals surface area contributed by atoms with E-state index in [1.54, 1.807) is 24.3 Å². The first-order valence-corrected chi connectivity index (χ1v) is 12.9. The van der Waals surface area contributed by atoms with Gasteiger partial charge in [-0.05, 0) is 42.2 Å². The van der Waals surface area contributed by atoms with Gasteiger partial charge in [0.05, 0.1) is 5.70 Å². The fourth-order valence-electron chi connectivity index (χ4n) is 3.00. The van der Waals surface area contributed by atoms with Crippen LogP contribution in [0.3, 0.4) is 0 Å². The van der Waals surface area contributed by atoms with E-state index in [4.69, 9.17) is 4.43 Å². The Bertz CT molecular complexity index is 970. The molecule has 0 spiro atoms. The smallest absolute Gasteiger partial charge is 0.250 e. The van der Waals surface area contributed by atoms with Gasteiger partial charge in [-0.15, -0.1) is 0 Å². The molecule has 0 atom stereocenters. The summed E-state index contributed by atoms with van der Waals surface area (Å²) in [5.41, 5.74) is 2.43. The first kappa shape index (κ1) is 21.1. The van der Waals surface area contributed by atoms with E-state index in [-0.39, 0.29) is 16.6 Å². The molecule has 0 saturated heterocycles. The number of rotatable bonds is 6. The second-order valence-electron chi connectivity index (χ2n) is 8.98. The van der Waals surface area contributed by atoms with Crippen LogP contribution >= 0.6 is 0 Å². The van der Waals surface area contributed by atoms with E-state index >= 15 is 0 Å². The highest BCUT2D eigenvalue weighted by Crippen LogP contribution is 2.37. The third-order valence-corrected chi connectivity index (χ3v) is 10.1. The molecule has 5 heteroatoms. The van der Waals surface area contributed by atoms with Gasteiger partial charge in [0.15, 0.2) is 5.78 Å². The Hall–Kier alpha value is -2.66. The van der Waals surface area contributed by atoms with Crippen molar-refractivity contribution >= 4 is 19.9 Å². The number of allylic oxidation sites excluding steroid dienone is 2. The Morgan fingerprint density at radius 1 is 0.966 bits per heavy atom. The fraction of sp³-hybridized carbons (Fsp3) is 0.333. The van der Waals surface area contributed by atoms with Crippen molar-refractivity contribution in [1.29, 1.82) is 0 Å². The zero-order valence-corrected chi connectivity index (χ0v) is 18.8. The van der Waals surface area contributed by atoms with E-state index in [2.05, 4.69) is 51.3 Å².